The van der Waals surface area contributed by atoms with E-state index in [1.54, 1.807) is 25.7 Å². The number of rotatable bonds is 8. The number of nitrogens with zero attached hydrogens (tertiary/aromatic N) is 2. The molecule has 0 atom stereocenters. The van der Waals surface area contributed by atoms with Crippen molar-refractivity contribution in [3.05, 3.63) is 35.5 Å². The van der Waals surface area contributed by atoms with Crippen molar-refractivity contribution >= 4 is 33.7 Å². The maximum Gasteiger partial charge on any atom is 0.410 e. The average molecular weight is 539 g/mol. The van der Waals surface area contributed by atoms with Crippen molar-refractivity contribution in [2.45, 2.75) is 50.2 Å². The van der Waals surface area contributed by atoms with Gasteiger partial charge in [0.25, 0.3) is 5.91 Å². The third-order valence-electron chi connectivity index (χ3n) is 5.86. The normalized spacial score (nSPS) is 17.3. The molecule has 0 spiro atoms. The average Bonchev–Trinajstić information content (AvgIpc) is 3.13. The molecule has 2 aliphatic heterocycles. The molecule has 13 heteroatoms. The quantitative estimate of drug-likeness (QED) is 0.412. The lowest BCUT2D eigenvalue weighted by atomic mass is 10.1. The molecule has 0 radical (unpaired) electrons. The highest BCUT2D eigenvalue weighted by molar-refractivity contribution is 7.89. The molecule has 1 saturated heterocycles. The summed E-state index contributed by atoms with van der Waals surface area (Å²) in [6.45, 7) is 5.93. The number of methoxy groups -OCH3 is 1. The van der Waals surface area contributed by atoms with Crippen LogP contribution in [0.1, 0.15) is 33.6 Å². The predicted molar refractivity (Wildman–Crippen MR) is 134 cm³/mol. The van der Waals surface area contributed by atoms with Gasteiger partial charge in [-0.1, -0.05) is 0 Å². The lowest BCUT2D eigenvalue weighted by Crippen LogP contribution is -2.47. The molecule has 12 nitrogen and oxygen atoms in total. The topological polar surface area (TPSA) is 155 Å². The lowest BCUT2D eigenvalue weighted by molar-refractivity contribution is -0.136. The number of ether oxygens (including phenoxy) is 2. The first kappa shape index (κ1) is 28.4. The molecule has 1 aromatic carbocycles. The van der Waals surface area contributed by atoms with Gasteiger partial charge in [0.2, 0.25) is 10.0 Å². The molecule has 37 heavy (non-hydrogen) atoms. The summed E-state index contributed by atoms with van der Waals surface area (Å²) < 4.78 is 38.6. The molecule has 2 aliphatic rings. The van der Waals surface area contributed by atoms with Crippen LogP contribution in [-0.2, 0) is 29.1 Å². The maximum absolute atomic E-state index is 12.9. The van der Waals surface area contributed by atoms with Crippen LogP contribution in [-0.4, -0.2) is 92.8 Å². The molecule has 204 valence electrons. The summed E-state index contributed by atoms with van der Waals surface area (Å²) in [5.41, 5.74) is -0.0549. The standard InChI is InChI=1S/C24H34N4O8S/c1-24(2,3)36-23(32)27-11-9-17(10-12-27)26-37(33,34)18-7-5-16(6-8-18)25-20-19(22(31)35-4)15-28(13-14-29)21(20)30/h5-8,17,25-26,29H,9-15H2,1-4H3. The molecular weight excluding hydrogens is 504 g/mol. The second kappa shape index (κ2) is 11.5. The second-order valence-corrected chi connectivity index (χ2v) is 11.5. The largest absolute Gasteiger partial charge is 0.466 e. The Morgan fingerprint density at radius 3 is 2.30 bits per heavy atom. The van der Waals surface area contributed by atoms with Crippen molar-refractivity contribution in [2.24, 2.45) is 0 Å². The molecule has 0 saturated carbocycles. The van der Waals surface area contributed by atoms with Crippen LogP contribution >= 0.6 is 0 Å². The first-order chi connectivity index (χ1) is 17.3. The van der Waals surface area contributed by atoms with E-state index in [4.69, 9.17) is 14.6 Å². The van der Waals surface area contributed by atoms with Gasteiger partial charge in [-0.25, -0.2) is 22.7 Å². The van der Waals surface area contributed by atoms with Gasteiger partial charge in [-0.3, -0.25) is 4.79 Å². The van der Waals surface area contributed by atoms with Crippen LogP contribution in [0.2, 0.25) is 0 Å². The van der Waals surface area contributed by atoms with E-state index < -0.39 is 33.6 Å². The van der Waals surface area contributed by atoms with E-state index >= 15 is 0 Å². The zero-order valence-electron chi connectivity index (χ0n) is 21.4. The molecule has 2 heterocycles. The number of β-amino-alcohol motifs (C(OH)–C–C–N with tert-alkyl or cyclic N) is 1. The number of hydrogen-bond acceptors (Lipinski definition) is 9. The van der Waals surface area contributed by atoms with Gasteiger partial charge in [0.05, 0.1) is 30.7 Å². The van der Waals surface area contributed by atoms with Crippen molar-refractivity contribution in [3.8, 4) is 0 Å². The van der Waals surface area contributed by atoms with Gasteiger partial charge in [0.15, 0.2) is 0 Å². The van der Waals surface area contributed by atoms with Gasteiger partial charge in [-0.15, -0.1) is 0 Å². The van der Waals surface area contributed by atoms with Crippen LogP contribution in [0, 0.1) is 0 Å². The van der Waals surface area contributed by atoms with Crippen LogP contribution in [0.4, 0.5) is 10.5 Å². The summed E-state index contributed by atoms with van der Waals surface area (Å²) in [7, 11) is -2.62. The van der Waals surface area contributed by atoms with Crippen molar-refractivity contribution < 1.29 is 37.4 Å². The van der Waals surface area contributed by atoms with Crippen molar-refractivity contribution in [1.82, 2.24) is 14.5 Å². The number of sulfonamides is 1. The third-order valence-corrected chi connectivity index (χ3v) is 7.39. The number of carbonyl (C=O) groups is 3. The van der Waals surface area contributed by atoms with E-state index in [0.717, 1.165) is 0 Å². The predicted octanol–water partition coefficient (Wildman–Crippen LogP) is 1.04. The minimum absolute atomic E-state index is 0.00245. The highest BCUT2D eigenvalue weighted by Crippen LogP contribution is 2.24. The summed E-state index contributed by atoms with van der Waals surface area (Å²) in [5, 5.41) is 12.0. The zero-order valence-corrected chi connectivity index (χ0v) is 22.3. The number of aliphatic hydroxyl groups is 1. The smallest absolute Gasteiger partial charge is 0.410 e. The fourth-order valence-corrected chi connectivity index (χ4v) is 5.31. The zero-order chi connectivity index (χ0) is 27.4. The van der Waals surface area contributed by atoms with Gasteiger partial charge >= 0.3 is 12.1 Å². The molecule has 1 fully saturated rings. The van der Waals surface area contributed by atoms with Crippen LogP contribution in [0.5, 0.6) is 0 Å². The van der Waals surface area contributed by atoms with Crippen molar-refractivity contribution in [1.29, 1.82) is 0 Å². The number of likely N-dealkylation sites (tertiary alicyclic amines) is 1. The van der Waals surface area contributed by atoms with Gasteiger partial charge in [-0.2, -0.15) is 0 Å². The minimum Gasteiger partial charge on any atom is -0.466 e. The fourth-order valence-electron chi connectivity index (χ4n) is 4.00. The molecule has 1 aromatic rings. The minimum atomic E-state index is -3.83. The molecule has 0 unspecified atom stereocenters. The molecule has 0 bridgehead atoms. The highest BCUT2D eigenvalue weighted by Gasteiger charge is 2.34. The van der Waals surface area contributed by atoms with Gasteiger partial charge < -0.3 is 29.7 Å². The number of hydrogen-bond donors (Lipinski definition) is 3. The molecule has 3 rings (SSSR count). The monoisotopic (exact) mass is 538 g/mol. The fraction of sp³-hybridized carbons (Fsp3) is 0.542. The summed E-state index contributed by atoms with van der Waals surface area (Å²) in [6.07, 6.45) is 0.493. The molecule has 0 aliphatic carbocycles. The summed E-state index contributed by atoms with van der Waals surface area (Å²) >= 11 is 0. The Morgan fingerprint density at radius 1 is 1.14 bits per heavy atom. The Morgan fingerprint density at radius 2 is 1.76 bits per heavy atom. The Balaban J connectivity index is 1.63. The van der Waals surface area contributed by atoms with E-state index in [2.05, 4.69) is 10.0 Å². The van der Waals surface area contributed by atoms with Gasteiger partial charge in [0.1, 0.15) is 11.3 Å². The second-order valence-electron chi connectivity index (χ2n) is 9.81. The van der Waals surface area contributed by atoms with Crippen LogP contribution < -0.4 is 10.0 Å². The van der Waals surface area contributed by atoms with Crippen LogP contribution in [0.15, 0.2) is 40.4 Å². The number of aliphatic hydroxyl groups excluding tert-OH is 1. The van der Waals surface area contributed by atoms with Crippen molar-refractivity contribution in [2.75, 3.05) is 45.2 Å². The number of esters is 1. The summed E-state index contributed by atoms with van der Waals surface area (Å²) in [6, 6.07) is 5.43. The number of carbonyl (C=O) groups excluding carboxylic acids is 3. The highest BCUT2D eigenvalue weighted by atomic mass is 32.2. The van der Waals surface area contributed by atoms with E-state index in [9.17, 15) is 22.8 Å². The number of anilines is 1. The van der Waals surface area contributed by atoms with E-state index in [0.29, 0.717) is 31.6 Å². The number of nitrogens with one attached hydrogen (secondary N) is 2. The molecule has 0 aromatic heterocycles. The van der Waals surface area contributed by atoms with Gasteiger partial charge in [0, 0.05) is 31.4 Å². The lowest BCUT2D eigenvalue weighted by Gasteiger charge is -2.33. The summed E-state index contributed by atoms with van der Waals surface area (Å²) in [4.78, 5) is 39.9. The third kappa shape index (κ3) is 7.21. The molecule has 3 N–H and O–H groups in total. The maximum atomic E-state index is 12.9. The van der Waals surface area contributed by atoms with Gasteiger partial charge in [-0.05, 0) is 57.9 Å². The van der Waals surface area contributed by atoms with Crippen LogP contribution in [0.25, 0.3) is 0 Å². The van der Waals surface area contributed by atoms with Crippen LogP contribution in [0.3, 0.4) is 0 Å². The summed E-state index contributed by atoms with van der Waals surface area (Å²) in [5.74, 6) is -1.14. The first-order valence-corrected chi connectivity index (χ1v) is 13.4. The molecule has 2 amide bonds. The van der Waals surface area contributed by atoms with E-state index in [-0.39, 0.29) is 41.9 Å². The Hall–Kier alpha value is -3.16. The first-order valence-electron chi connectivity index (χ1n) is 11.9. The van der Waals surface area contributed by atoms with E-state index in [1.807, 2.05) is 0 Å². The van der Waals surface area contributed by atoms with Crippen molar-refractivity contribution in [3.63, 3.8) is 0 Å². The SMILES string of the molecule is COC(=O)C1=C(Nc2ccc(S(=O)(=O)NC3CCN(C(=O)OC(C)(C)C)CC3)cc2)C(=O)N(CCO)C1. The number of amides is 2. The Labute approximate surface area is 216 Å². The van der Waals surface area contributed by atoms with E-state index in [1.165, 1.54) is 36.3 Å². The Kier molecular flexibility index (Phi) is 8.82. The molecular formula is C24H34N4O8S. The number of benzene rings is 1. The Bertz CT molecular complexity index is 1150. The number of piperidine rings is 1.